The van der Waals surface area contributed by atoms with Crippen LogP contribution in [0.2, 0.25) is 0 Å². The molecule has 0 aromatic carbocycles. The number of allylic oxidation sites excluding steroid dienone is 6. The van der Waals surface area contributed by atoms with E-state index in [1.54, 1.807) is 5.57 Å². The van der Waals surface area contributed by atoms with E-state index < -0.39 is 0 Å². The van der Waals surface area contributed by atoms with E-state index in [0.717, 1.165) is 21.7 Å². The Morgan fingerprint density at radius 1 is 1.29 bits per heavy atom. The van der Waals surface area contributed by atoms with Gasteiger partial charge in [-0.05, 0) is 64.7 Å². The second kappa shape index (κ2) is 4.36. The molecule has 4 unspecified atom stereocenters. The molecule has 0 N–H and O–H groups in total. The first-order valence-electron chi connectivity index (χ1n) is 6.40. The summed E-state index contributed by atoms with van der Waals surface area (Å²) in [5.41, 5.74) is 2.11. The first-order valence-corrected chi connectivity index (χ1v) is 8.72. The van der Waals surface area contributed by atoms with Crippen LogP contribution < -0.4 is 0 Å². The van der Waals surface area contributed by atoms with Crippen LogP contribution in [0.15, 0.2) is 33.5 Å². The molecule has 1 saturated carbocycles. The molecule has 0 amide bonds. The highest BCUT2D eigenvalue weighted by Gasteiger charge is 2.51. The van der Waals surface area contributed by atoms with Crippen molar-refractivity contribution < 1.29 is 0 Å². The highest BCUT2D eigenvalue weighted by atomic mass is 127. The minimum Gasteiger partial charge on any atom is -0.0835 e. The molecule has 92 valence electrons. The number of rotatable bonds is 0. The van der Waals surface area contributed by atoms with Gasteiger partial charge in [-0.15, -0.1) is 0 Å². The van der Waals surface area contributed by atoms with Gasteiger partial charge in [0, 0.05) is 7.50 Å². The van der Waals surface area contributed by atoms with Crippen molar-refractivity contribution in [2.45, 2.75) is 30.6 Å². The fourth-order valence-electron chi connectivity index (χ4n) is 3.97. The van der Waals surface area contributed by atoms with Gasteiger partial charge >= 0.3 is 0 Å². The average molecular weight is 452 g/mol. The van der Waals surface area contributed by atoms with E-state index in [4.69, 9.17) is 0 Å². The molecule has 0 heterocycles. The van der Waals surface area contributed by atoms with Crippen LogP contribution in [-0.2, 0) is 0 Å². The van der Waals surface area contributed by atoms with Gasteiger partial charge in [0.25, 0.3) is 0 Å². The van der Waals surface area contributed by atoms with Crippen molar-refractivity contribution in [1.82, 2.24) is 0 Å². The summed E-state index contributed by atoms with van der Waals surface area (Å²) < 4.78 is 2.18. The van der Waals surface area contributed by atoms with E-state index in [-0.39, 0.29) is 0 Å². The summed E-state index contributed by atoms with van der Waals surface area (Å²) in [6, 6.07) is 0. The van der Waals surface area contributed by atoms with Crippen molar-refractivity contribution in [2.24, 2.45) is 23.2 Å². The van der Waals surface area contributed by atoms with Gasteiger partial charge in [-0.2, -0.15) is 0 Å². The Morgan fingerprint density at radius 2 is 2.06 bits per heavy atom. The van der Waals surface area contributed by atoms with Crippen LogP contribution in [-0.4, -0.2) is 3.92 Å². The topological polar surface area (TPSA) is 0 Å². The molecular weight excluding hydrogens is 434 g/mol. The lowest BCUT2D eigenvalue weighted by molar-refractivity contribution is 0.241. The first-order chi connectivity index (χ1) is 8.00. The van der Waals surface area contributed by atoms with E-state index >= 15 is 0 Å². The van der Waals surface area contributed by atoms with Crippen molar-refractivity contribution in [3.05, 3.63) is 33.5 Å². The molecule has 0 spiro atoms. The minimum atomic E-state index is 0.397. The van der Waals surface area contributed by atoms with Gasteiger partial charge in [-0.25, -0.2) is 0 Å². The third-order valence-electron chi connectivity index (χ3n) is 4.88. The van der Waals surface area contributed by atoms with E-state index in [2.05, 4.69) is 83.3 Å². The molecule has 0 aromatic heterocycles. The van der Waals surface area contributed by atoms with Crippen molar-refractivity contribution in [3.63, 3.8) is 0 Å². The van der Waals surface area contributed by atoms with Crippen LogP contribution in [0.4, 0.5) is 0 Å². The van der Waals surface area contributed by atoms with Crippen molar-refractivity contribution in [3.8, 4) is 0 Å². The van der Waals surface area contributed by atoms with Gasteiger partial charge in [0.15, 0.2) is 0 Å². The molecule has 3 aliphatic carbocycles. The van der Waals surface area contributed by atoms with Crippen LogP contribution in [0, 0.1) is 23.2 Å². The van der Waals surface area contributed by atoms with Gasteiger partial charge < -0.3 is 0 Å². The maximum atomic E-state index is 2.59. The highest BCUT2D eigenvalue weighted by molar-refractivity contribution is 14.1. The zero-order valence-corrected chi connectivity index (χ0v) is 14.6. The number of hydrogen-bond acceptors (Lipinski definition) is 0. The summed E-state index contributed by atoms with van der Waals surface area (Å²) in [4.78, 5) is 0. The average Bonchev–Trinajstić information content (AvgIpc) is 2.49. The highest BCUT2D eigenvalue weighted by Crippen LogP contribution is 2.60. The second-order valence-corrected chi connectivity index (χ2v) is 8.92. The second-order valence-electron chi connectivity index (χ2n) is 6.07. The zero-order valence-electron chi connectivity index (χ0n) is 10.3. The van der Waals surface area contributed by atoms with E-state index in [9.17, 15) is 0 Å². The Kier molecular flexibility index (Phi) is 3.26. The molecule has 3 rings (SSSR count). The SMILES string of the molecule is CC1(C)C2=CC(I)=CCC2C2C=CC(I)CC21. The Morgan fingerprint density at radius 3 is 2.82 bits per heavy atom. The quantitative estimate of drug-likeness (QED) is 0.267. The molecule has 2 heteroatoms. The Bertz CT molecular complexity index is 428. The minimum absolute atomic E-state index is 0.397. The fourth-order valence-corrected chi connectivity index (χ4v) is 5.35. The molecule has 0 nitrogen and oxygen atoms in total. The molecular formula is C15H18I2. The van der Waals surface area contributed by atoms with E-state index in [1.165, 1.54) is 16.4 Å². The predicted octanol–water partition coefficient (Wildman–Crippen LogP) is 5.29. The lowest BCUT2D eigenvalue weighted by Crippen LogP contribution is -2.27. The summed E-state index contributed by atoms with van der Waals surface area (Å²) >= 11 is 5.06. The van der Waals surface area contributed by atoms with Crippen molar-refractivity contribution >= 4 is 45.2 Å². The smallest absolute Gasteiger partial charge is 0.0292 e. The van der Waals surface area contributed by atoms with Crippen molar-refractivity contribution in [1.29, 1.82) is 0 Å². The lowest BCUT2D eigenvalue weighted by Gasteiger charge is -2.34. The molecule has 17 heavy (non-hydrogen) atoms. The Labute approximate surface area is 131 Å². The third-order valence-corrected chi connectivity index (χ3v) is 6.56. The maximum Gasteiger partial charge on any atom is 0.0292 e. The molecule has 0 saturated heterocycles. The molecule has 4 atom stereocenters. The molecule has 0 bridgehead atoms. The molecule has 0 radical (unpaired) electrons. The monoisotopic (exact) mass is 452 g/mol. The van der Waals surface area contributed by atoms with E-state index in [0.29, 0.717) is 5.41 Å². The normalized spacial score (nSPS) is 42.6. The summed E-state index contributed by atoms with van der Waals surface area (Å²) in [5.74, 6) is 2.43. The maximum absolute atomic E-state index is 2.59. The first kappa shape index (κ1) is 12.7. The standard InChI is InChI=1S/C15H18I2/c1-15(2)13-7-9(16)3-5-11(13)12-6-4-10(17)8-14(12)15/h3-5,8-9,11-13H,6-7H2,1-2H3. The number of hydrogen-bond donors (Lipinski definition) is 0. The molecule has 0 aromatic rings. The molecule has 1 fully saturated rings. The Balaban J connectivity index is 2.04. The van der Waals surface area contributed by atoms with Crippen LogP contribution >= 0.6 is 45.2 Å². The number of halogens is 2. The summed E-state index contributed by atoms with van der Waals surface area (Å²) in [6.07, 6.45) is 12.4. The largest absolute Gasteiger partial charge is 0.0835 e. The lowest BCUT2D eigenvalue weighted by atomic mass is 9.73. The van der Waals surface area contributed by atoms with Crippen LogP contribution in [0.3, 0.4) is 0 Å². The van der Waals surface area contributed by atoms with Gasteiger partial charge in [0.1, 0.15) is 0 Å². The summed E-state index contributed by atoms with van der Waals surface area (Å²) in [6.45, 7) is 4.93. The molecule has 3 aliphatic rings. The van der Waals surface area contributed by atoms with E-state index in [1.807, 2.05) is 0 Å². The molecule has 0 aliphatic heterocycles. The van der Waals surface area contributed by atoms with Crippen LogP contribution in [0.5, 0.6) is 0 Å². The summed E-state index contributed by atoms with van der Waals surface area (Å²) in [7, 11) is 0. The van der Waals surface area contributed by atoms with Crippen LogP contribution in [0.1, 0.15) is 26.7 Å². The Hall–Kier alpha value is 0.680. The third kappa shape index (κ3) is 1.97. The zero-order chi connectivity index (χ0) is 12.2. The summed E-state index contributed by atoms with van der Waals surface area (Å²) in [5, 5.41) is 0. The fraction of sp³-hybridized carbons (Fsp3) is 0.600. The van der Waals surface area contributed by atoms with Crippen LogP contribution in [0.25, 0.3) is 0 Å². The predicted molar refractivity (Wildman–Crippen MR) is 90.6 cm³/mol. The number of fused-ring (bicyclic) bond motifs is 3. The van der Waals surface area contributed by atoms with Gasteiger partial charge in [0.2, 0.25) is 0 Å². The van der Waals surface area contributed by atoms with Gasteiger partial charge in [-0.3, -0.25) is 0 Å². The number of alkyl halides is 1. The van der Waals surface area contributed by atoms with Gasteiger partial charge in [-0.1, -0.05) is 60.2 Å². The van der Waals surface area contributed by atoms with Crippen molar-refractivity contribution in [2.75, 3.05) is 0 Å². The van der Waals surface area contributed by atoms with Gasteiger partial charge in [0.05, 0.1) is 0 Å².